The lowest BCUT2D eigenvalue weighted by Crippen LogP contribution is -2.31. The molecule has 22 heavy (non-hydrogen) atoms. The molecule has 0 aromatic carbocycles. The van der Waals surface area contributed by atoms with Crippen molar-refractivity contribution in [1.29, 1.82) is 0 Å². The van der Waals surface area contributed by atoms with E-state index in [1.165, 1.54) is 24.5 Å². The summed E-state index contributed by atoms with van der Waals surface area (Å²) in [4.78, 5) is 40.5. The molecule has 7 nitrogen and oxygen atoms in total. The lowest BCUT2D eigenvalue weighted by molar-refractivity contribution is -0.120. The first kappa shape index (κ1) is 12.4. The van der Waals surface area contributed by atoms with Crippen LogP contribution >= 0.6 is 0 Å². The van der Waals surface area contributed by atoms with Gasteiger partial charge in [0.05, 0.1) is 5.69 Å². The predicted molar refractivity (Wildman–Crippen MR) is 78.8 cm³/mol. The second-order valence-corrected chi connectivity index (χ2v) is 4.70. The standard InChI is InChI=1S/C15H9N5O2/c21-11-3-4-12(22)20(11)15-13(16-6-7-18-15)10-8-9-2-1-5-17-14(9)19-10/h1-8H,(H,17,19). The van der Waals surface area contributed by atoms with Crippen molar-refractivity contribution < 1.29 is 9.59 Å². The number of aromatic amines is 1. The van der Waals surface area contributed by atoms with Crippen LogP contribution in [0.15, 0.2) is 48.9 Å². The van der Waals surface area contributed by atoms with Crippen LogP contribution < -0.4 is 4.90 Å². The summed E-state index contributed by atoms with van der Waals surface area (Å²) in [7, 11) is 0. The first-order valence-corrected chi connectivity index (χ1v) is 6.55. The Labute approximate surface area is 124 Å². The quantitative estimate of drug-likeness (QED) is 0.721. The number of pyridine rings is 1. The minimum Gasteiger partial charge on any atom is -0.338 e. The van der Waals surface area contributed by atoms with Crippen LogP contribution in [0.3, 0.4) is 0 Å². The summed E-state index contributed by atoms with van der Waals surface area (Å²) < 4.78 is 0. The molecule has 3 aromatic heterocycles. The van der Waals surface area contributed by atoms with Gasteiger partial charge in [-0.05, 0) is 18.2 Å². The van der Waals surface area contributed by atoms with E-state index in [1.807, 2.05) is 18.2 Å². The Balaban J connectivity index is 1.89. The van der Waals surface area contributed by atoms with Gasteiger partial charge in [0.15, 0.2) is 5.82 Å². The van der Waals surface area contributed by atoms with Gasteiger partial charge in [0.2, 0.25) is 0 Å². The largest absolute Gasteiger partial charge is 0.338 e. The molecular weight excluding hydrogens is 282 g/mol. The summed E-state index contributed by atoms with van der Waals surface area (Å²) in [6.45, 7) is 0. The van der Waals surface area contributed by atoms with Gasteiger partial charge in [-0.15, -0.1) is 0 Å². The number of carbonyl (C=O) groups excluding carboxylic acids is 2. The Bertz CT molecular complexity index is 893. The summed E-state index contributed by atoms with van der Waals surface area (Å²) in [5.74, 6) is -0.656. The second-order valence-electron chi connectivity index (χ2n) is 4.70. The number of hydrogen-bond donors (Lipinski definition) is 1. The lowest BCUT2D eigenvalue weighted by atomic mass is 10.2. The summed E-state index contributed by atoms with van der Waals surface area (Å²) in [5, 5.41) is 0.909. The predicted octanol–water partition coefficient (Wildman–Crippen LogP) is 1.45. The molecule has 3 aromatic rings. The second kappa shape index (κ2) is 4.59. The minimum atomic E-state index is -0.430. The SMILES string of the molecule is O=C1C=CC(=O)N1c1nccnc1-c1cc2cccnc2[nH]1. The smallest absolute Gasteiger partial charge is 0.259 e. The van der Waals surface area contributed by atoms with Crippen LogP contribution in [0, 0.1) is 0 Å². The van der Waals surface area contributed by atoms with E-state index in [9.17, 15) is 9.59 Å². The number of aromatic nitrogens is 4. The van der Waals surface area contributed by atoms with E-state index in [2.05, 4.69) is 19.9 Å². The Morgan fingerprint density at radius 3 is 2.50 bits per heavy atom. The van der Waals surface area contributed by atoms with Gasteiger partial charge < -0.3 is 4.98 Å². The molecule has 7 heteroatoms. The molecule has 1 N–H and O–H groups in total. The summed E-state index contributed by atoms with van der Waals surface area (Å²) in [6, 6.07) is 5.59. The average Bonchev–Trinajstić information content (AvgIpc) is 3.11. The molecule has 0 spiro atoms. The maximum Gasteiger partial charge on any atom is 0.259 e. The van der Waals surface area contributed by atoms with E-state index >= 15 is 0 Å². The fraction of sp³-hybridized carbons (Fsp3) is 0. The summed E-state index contributed by atoms with van der Waals surface area (Å²) in [5.41, 5.74) is 1.77. The zero-order valence-corrected chi connectivity index (χ0v) is 11.2. The Hall–Kier alpha value is -3.35. The van der Waals surface area contributed by atoms with Gasteiger partial charge in [0, 0.05) is 36.1 Å². The Morgan fingerprint density at radius 2 is 1.73 bits per heavy atom. The van der Waals surface area contributed by atoms with Crippen molar-refractivity contribution in [1.82, 2.24) is 19.9 Å². The van der Waals surface area contributed by atoms with Crippen molar-refractivity contribution in [3.8, 4) is 11.4 Å². The van der Waals surface area contributed by atoms with E-state index < -0.39 is 11.8 Å². The molecule has 0 unspecified atom stereocenters. The molecular formula is C15H9N5O2. The number of anilines is 1. The number of rotatable bonds is 2. The van der Waals surface area contributed by atoms with Gasteiger partial charge in [-0.25, -0.2) is 19.9 Å². The van der Waals surface area contributed by atoms with Crippen LogP contribution in [-0.4, -0.2) is 31.8 Å². The van der Waals surface area contributed by atoms with Crippen LogP contribution in [0.5, 0.6) is 0 Å². The third-order valence-corrected chi connectivity index (χ3v) is 3.35. The van der Waals surface area contributed by atoms with Crippen LogP contribution in [0.4, 0.5) is 5.82 Å². The van der Waals surface area contributed by atoms with Crippen LogP contribution in [0.2, 0.25) is 0 Å². The van der Waals surface area contributed by atoms with Crippen LogP contribution in [0.1, 0.15) is 0 Å². The first-order chi connectivity index (χ1) is 10.7. The minimum absolute atomic E-state index is 0.203. The van der Waals surface area contributed by atoms with Gasteiger partial charge >= 0.3 is 0 Å². The zero-order valence-electron chi connectivity index (χ0n) is 11.2. The molecule has 0 fully saturated rings. The van der Waals surface area contributed by atoms with E-state index in [0.717, 1.165) is 10.3 Å². The van der Waals surface area contributed by atoms with E-state index in [4.69, 9.17) is 0 Å². The number of nitrogens with one attached hydrogen (secondary N) is 1. The average molecular weight is 291 g/mol. The number of hydrogen-bond acceptors (Lipinski definition) is 5. The fourth-order valence-electron chi connectivity index (χ4n) is 2.38. The molecule has 1 aliphatic heterocycles. The number of amides is 2. The number of carbonyl (C=O) groups is 2. The zero-order chi connectivity index (χ0) is 15.1. The molecule has 0 bridgehead atoms. The van der Waals surface area contributed by atoms with Crippen LogP contribution in [0.25, 0.3) is 22.4 Å². The van der Waals surface area contributed by atoms with Gasteiger partial charge in [-0.1, -0.05) is 0 Å². The summed E-state index contributed by atoms with van der Waals surface area (Å²) >= 11 is 0. The lowest BCUT2D eigenvalue weighted by Gasteiger charge is -2.14. The molecule has 0 radical (unpaired) electrons. The third-order valence-electron chi connectivity index (χ3n) is 3.35. The topological polar surface area (TPSA) is 91.8 Å². The molecule has 4 rings (SSSR count). The highest BCUT2D eigenvalue weighted by molar-refractivity contribution is 6.28. The molecule has 106 valence electrons. The molecule has 2 amide bonds. The first-order valence-electron chi connectivity index (χ1n) is 6.55. The monoisotopic (exact) mass is 291 g/mol. The van der Waals surface area contributed by atoms with Crippen LogP contribution in [-0.2, 0) is 9.59 Å². The van der Waals surface area contributed by atoms with Crippen molar-refractivity contribution in [2.75, 3.05) is 4.90 Å². The normalized spacial score (nSPS) is 14.3. The van der Waals surface area contributed by atoms with Gasteiger partial charge in [0.1, 0.15) is 11.3 Å². The molecule has 0 saturated heterocycles. The third kappa shape index (κ3) is 1.80. The van der Waals surface area contributed by atoms with Crippen molar-refractivity contribution >= 4 is 28.7 Å². The molecule has 0 aliphatic carbocycles. The maximum absolute atomic E-state index is 11.9. The van der Waals surface area contributed by atoms with Crippen molar-refractivity contribution in [3.63, 3.8) is 0 Å². The number of fused-ring (bicyclic) bond motifs is 1. The van der Waals surface area contributed by atoms with Gasteiger partial charge in [-0.3, -0.25) is 9.59 Å². The van der Waals surface area contributed by atoms with Gasteiger partial charge in [0.25, 0.3) is 11.8 Å². The highest BCUT2D eigenvalue weighted by Gasteiger charge is 2.29. The number of nitrogens with zero attached hydrogens (tertiary/aromatic N) is 4. The van der Waals surface area contributed by atoms with Gasteiger partial charge in [-0.2, -0.15) is 0 Å². The Kier molecular flexibility index (Phi) is 2.59. The van der Waals surface area contributed by atoms with Crippen molar-refractivity contribution in [2.24, 2.45) is 0 Å². The molecule has 4 heterocycles. The van der Waals surface area contributed by atoms with Crippen molar-refractivity contribution in [3.05, 3.63) is 48.9 Å². The molecule has 1 aliphatic rings. The highest BCUT2D eigenvalue weighted by Crippen LogP contribution is 2.29. The van der Waals surface area contributed by atoms with E-state index in [1.54, 1.807) is 6.20 Å². The fourth-order valence-corrected chi connectivity index (χ4v) is 2.38. The number of H-pyrrole nitrogens is 1. The maximum atomic E-state index is 11.9. The Morgan fingerprint density at radius 1 is 0.955 bits per heavy atom. The summed E-state index contributed by atoms with van der Waals surface area (Å²) in [6.07, 6.45) is 7.06. The number of imide groups is 1. The van der Waals surface area contributed by atoms with Crippen molar-refractivity contribution in [2.45, 2.75) is 0 Å². The molecule has 0 saturated carbocycles. The molecule has 0 atom stereocenters. The highest BCUT2D eigenvalue weighted by atomic mass is 16.2. The van der Waals surface area contributed by atoms with E-state index in [0.29, 0.717) is 17.0 Å². The van der Waals surface area contributed by atoms with E-state index in [-0.39, 0.29) is 5.82 Å².